The molecule has 1 fully saturated rings. The quantitative estimate of drug-likeness (QED) is 0.723. The van der Waals surface area contributed by atoms with Crippen LogP contribution in [0.2, 0.25) is 0 Å². The minimum atomic E-state index is -1.24. The number of carbonyl (C=O) groups is 1. The van der Waals surface area contributed by atoms with Crippen LogP contribution >= 0.6 is 0 Å². The molecule has 2 heterocycles. The van der Waals surface area contributed by atoms with Crippen molar-refractivity contribution >= 4 is 23.0 Å². The molecular formula is C21H24N4O2. The van der Waals surface area contributed by atoms with Crippen LogP contribution in [0.1, 0.15) is 49.8 Å². The number of aromatic nitrogens is 3. The summed E-state index contributed by atoms with van der Waals surface area (Å²) in [4.78, 5) is 21.8. The fourth-order valence-electron chi connectivity index (χ4n) is 3.57. The van der Waals surface area contributed by atoms with E-state index in [9.17, 15) is 9.90 Å². The topological polar surface area (TPSA) is 80.0 Å². The zero-order valence-corrected chi connectivity index (χ0v) is 15.6. The fraction of sp³-hybridized carbons (Fsp3) is 0.381. The molecule has 0 saturated heterocycles. The first-order chi connectivity index (χ1) is 13.0. The first-order valence-corrected chi connectivity index (χ1v) is 9.37. The fourth-order valence-corrected chi connectivity index (χ4v) is 3.57. The van der Waals surface area contributed by atoms with Gasteiger partial charge in [-0.2, -0.15) is 0 Å². The number of hydrogen-bond donors (Lipinski definition) is 2. The highest BCUT2D eigenvalue weighted by Crippen LogP contribution is 2.37. The Kier molecular flexibility index (Phi) is 4.44. The van der Waals surface area contributed by atoms with Crippen molar-refractivity contribution < 1.29 is 9.90 Å². The van der Waals surface area contributed by atoms with Crippen LogP contribution in [0, 0.1) is 6.92 Å². The van der Waals surface area contributed by atoms with Crippen molar-refractivity contribution in [2.75, 3.05) is 5.32 Å². The number of rotatable bonds is 5. The van der Waals surface area contributed by atoms with E-state index in [1.807, 2.05) is 47.9 Å². The standard InChI is InChI=1S/C21H24N4O2/c1-14-11-12-22-19-18(14)24-20(25(19)16-9-6-10-16)23-17(26)13-21(2,27)15-7-4-3-5-8-15/h3-5,7-8,11-12,16,27H,6,9-10,13H2,1-2H3,(H,23,24,26)/t21-/m1/s1. The van der Waals surface area contributed by atoms with E-state index in [4.69, 9.17) is 0 Å². The maximum atomic E-state index is 12.7. The third-order valence-electron chi connectivity index (χ3n) is 5.37. The molecule has 1 amide bonds. The van der Waals surface area contributed by atoms with Gasteiger partial charge in [0.25, 0.3) is 0 Å². The van der Waals surface area contributed by atoms with Gasteiger partial charge < -0.3 is 5.11 Å². The predicted octanol–water partition coefficient (Wildman–Crippen LogP) is 3.70. The average molecular weight is 364 g/mol. The molecule has 3 aromatic rings. The van der Waals surface area contributed by atoms with E-state index in [1.54, 1.807) is 13.1 Å². The first-order valence-electron chi connectivity index (χ1n) is 9.37. The summed E-state index contributed by atoms with van der Waals surface area (Å²) < 4.78 is 2.04. The lowest BCUT2D eigenvalue weighted by Crippen LogP contribution is -2.30. The third-order valence-corrected chi connectivity index (χ3v) is 5.37. The van der Waals surface area contributed by atoms with Gasteiger partial charge in [0, 0.05) is 12.2 Å². The van der Waals surface area contributed by atoms with Crippen LogP contribution in [-0.4, -0.2) is 25.5 Å². The summed E-state index contributed by atoms with van der Waals surface area (Å²) in [6.07, 6.45) is 5.03. The minimum Gasteiger partial charge on any atom is -0.385 e. The van der Waals surface area contributed by atoms with Gasteiger partial charge >= 0.3 is 0 Å². The smallest absolute Gasteiger partial charge is 0.229 e. The monoisotopic (exact) mass is 364 g/mol. The molecule has 1 aliphatic rings. The maximum absolute atomic E-state index is 12.7. The van der Waals surface area contributed by atoms with Crippen LogP contribution in [0.4, 0.5) is 5.95 Å². The number of imidazole rings is 1. The van der Waals surface area contributed by atoms with E-state index in [-0.39, 0.29) is 12.3 Å². The van der Waals surface area contributed by atoms with Gasteiger partial charge in [0.15, 0.2) is 5.65 Å². The molecule has 0 unspecified atom stereocenters. The van der Waals surface area contributed by atoms with Crippen molar-refractivity contribution in [1.29, 1.82) is 0 Å². The second-order valence-electron chi connectivity index (χ2n) is 7.56. The van der Waals surface area contributed by atoms with Gasteiger partial charge in [0.2, 0.25) is 11.9 Å². The summed E-state index contributed by atoms with van der Waals surface area (Å²) >= 11 is 0. The largest absolute Gasteiger partial charge is 0.385 e. The zero-order valence-electron chi connectivity index (χ0n) is 15.6. The van der Waals surface area contributed by atoms with E-state index in [0.717, 1.165) is 29.6 Å². The van der Waals surface area contributed by atoms with Crippen molar-refractivity contribution in [2.45, 2.75) is 51.2 Å². The number of aliphatic hydroxyl groups is 1. The minimum absolute atomic E-state index is 0.0443. The number of fused-ring (bicyclic) bond motifs is 1. The van der Waals surface area contributed by atoms with E-state index >= 15 is 0 Å². The molecule has 0 spiro atoms. The second-order valence-corrected chi connectivity index (χ2v) is 7.56. The Morgan fingerprint density at radius 3 is 2.70 bits per heavy atom. The molecule has 27 heavy (non-hydrogen) atoms. The summed E-state index contributed by atoms with van der Waals surface area (Å²) in [6.45, 7) is 3.65. The van der Waals surface area contributed by atoms with Crippen LogP contribution in [0.5, 0.6) is 0 Å². The molecule has 4 rings (SSSR count). The Hall–Kier alpha value is -2.73. The van der Waals surface area contributed by atoms with E-state index < -0.39 is 5.60 Å². The predicted molar refractivity (Wildman–Crippen MR) is 104 cm³/mol. The number of amides is 1. The van der Waals surface area contributed by atoms with Crippen LogP contribution < -0.4 is 5.32 Å². The summed E-state index contributed by atoms with van der Waals surface area (Å²) in [6, 6.07) is 11.5. The third kappa shape index (κ3) is 3.32. The number of anilines is 1. The summed E-state index contributed by atoms with van der Waals surface area (Å²) in [5, 5.41) is 13.7. The molecule has 0 aliphatic heterocycles. The van der Waals surface area contributed by atoms with Gasteiger partial charge in [-0.3, -0.25) is 14.7 Å². The molecular weight excluding hydrogens is 340 g/mol. The van der Waals surface area contributed by atoms with Gasteiger partial charge in [-0.15, -0.1) is 0 Å². The maximum Gasteiger partial charge on any atom is 0.229 e. The lowest BCUT2D eigenvalue weighted by Gasteiger charge is -2.29. The molecule has 0 bridgehead atoms. The SMILES string of the molecule is Cc1ccnc2c1nc(NC(=O)C[C@@](C)(O)c1ccccc1)n2C1CCC1. The summed E-state index contributed by atoms with van der Waals surface area (Å²) in [5.41, 5.74) is 2.13. The highest BCUT2D eigenvalue weighted by Gasteiger charge is 2.30. The van der Waals surface area contributed by atoms with Crippen LogP contribution in [-0.2, 0) is 10.4 Å². The Balaban J connectivity index is 1.61. The first kappa shape index (κ1) is 17.7. The molecule has 1 aromatic carbocycles. The molecule has 140 valence electrons. The summed E-state index contributed by atoms with van der Waals surface area (Å²) in [5.74, 6) is 0.253. The number of aryl methyl sites for hydroxylation is 1. The molecule has 6 heteroatoms. The van der Waals surface area contributed by atoms with Crippen molar-refractivity contribution in [1.82, 2.24) is 14.5 Å². The van der Waals surface area contributed by atoms with E-state index in [2.05, 4.69) is 15.3 Å². The number of nitrogens with one attached hydrogen (secondary N) is 1. The van der Waals surface area contributed by atoms with Crippen molar-refractivity contribution in [2.24, 2.45) is 0 Å². The summed E-state index contributed by atoms with van der Waals surface area (Å²) in [7, 11) is 0. The highest BCUT2D eigenvalue weighted by atomic mass is 16.3. The van der Waals surface area contributed by atoms with Gasteiger partial charge in [-0.25, -0.2) is 9.97 Å². The van der Waals surface area contributed by atoms with Crippen molar-refractivity contribution in [3.8, 4) is 0 Å². The van der Waals surface area contributed by atoms with E-state index in [0.29, 0.717) is 17.6 Å². The Morgan fingerprint density at radius 2 is 2.04 bits per heavy atom. The van der Waals surface area contributed by atoms with Crippen LogP contribution in [0.15, 0.2) is 42.6 Å². The number of carbonyl (C=O) groups excluding carboxylic acids is 1. The second kappa shape index (κ2) is 6.78. The molecule has 2 aromatic heterocycles. The molecule has 2 N–H and O–H groups in total. The number of benzene rings is 1. The van der Waals surface area contributed by atoms with Gasteiger partial charge in [0.05, 0.1) is 12.0 Å². The normalized spacial score (nSPS) is 16.7. The molecule has 1 atom stereocenters. The highest BCUT2D eigenvalue weighted by molar-refractivity contribution is 5.92. The Bertz CT molecular complexity index is 975. The van der Waals surface area contributed by atoms with Crippen molar-refractivity contribution in [3.05, 3.63) is 53.7 Å². The lowest BCUT2D eigenvalue weighted by atomic mass is 9.92. The van der Waals surface area contributed by atoms with Crippen molar-refractivity contribution in [3.63, 3.8) is 0 Å². The van der Waals surface area contributed by atoms with Gasteiger partial charge in [-0.05, 0) is 50.3 Å². The zero-order chi connectivity index (χ0) is 19.0. The van der Waals surface area contributed by atoms with Crippen LogP contribution in [0.25, 0.3) is 11.2 Å². The number of nitrogens with zero attached hydrogens (tertiary/aromatic N) is 3. The van der Waals surface area contributed by atoms with Gasteiger partial charge in [-0.1, -0.05) is 30.3 Å². The number of pyridine rings is 1. The molecule has 1 aliphatic carbocycles. The Labute approximate surface area is 158 Å². The molecule has 6 nitrogen and oxygen atoms in total. The average Bonchev–Trinajstić information content (AvgIpc) is 2.93. The van der Waals surface area contributed by atoms with E-state index in [1.165, 1.54) is 6.42 Å². The Morgan fingerprint density at radius 1 is 1.30 bits per heavy atom. The molecule has 0 radical (unpaired) electrons. The van der Waals surface area contributed by atoms with Gasteiger partial charge in [0.1, 0.15) is 5.52 Å². The lowest BCUT2D eigenvalue weighted by molar-refractivity contribution is -0.120. The van der Waals surface area contributed by atoms with Crippen LogP contribution in [0.3, 0.4) is 0 Å². The molecule has 1 saturated carbocycles. The number of hydrogen-bond acceptors (Lipinski definition) is 4.